The van der Waals surface area contributed by atoms with Crippen LogP contribution < -0.4 is 0 Å². The maximum atomic E-state index is 4.99. The van der Waals surface area contributed by atoms with Gasteiger partial charge < -0.3 is 4.98 Å². The third-order valence-electron chi connectivity index (χ3n) is 7.42. The van der Waals surface area contributed by atoms with E-state index in [9.17, 15) is 0 Å². The molecule has 4 aromatic carbocycles. The molecule has 6 rings (SSSR count). The summed E-state index contributed by atoms with van der Waals surface area (Å²) in [6.07, 6.45) is 0. The number of para-hydroxylation sites is 1. The van der Waals surface area contributed by atoms with Gasteiger partial charge in [-0.2, -0.15) is 0 Å². The largest absolute Gasteiger partial charge is 0.355 e. The fourth-order valence-electron chi connectivity index (χ4n) is 4.99. The highest BCUT2D eigenvalue weighted by molar-refractivity contribution is 6.08. The molecule has 2 heterocycles. The molecule has 2 aromatic heterocycles. The van der Waals surface area contributed by atoms with Crippen molar-refractivity contribution in [1.29, 1.82) is 0 Å². The molecule has 4 nitrogen and oxygen atoms in total. The summed E-state index contributed by atoms with van der Waals surface area (Å²) in [5, 5.41) is 2.36. The van der Waals surface area contributed by atoms with Crippen molar-refractivity contribution in [2.24, 2.45) is 0 Å². The maximum Gasteiger partial charge on any atom is 0.164 e. The molecule has 194 valence electrons. The minimum absolute atomic E-state index is 0.0808. The number of nitrogens with zero attached hydrogens (tertiary/aromatic N) is 3. The van der Waals surface area contributed by atoms with Gasteiger partial charge in [-0.05, 0) is 46.2 Å². The molecule has 0 aliphatic carbocycles. The highest BCUT2D eigenvalue weighted by atomic mass is 15.0. The fraction of sp³-hybridized carbons (Fsp3) is 0.229. The molecule has 0 unspecified atom stereocenters. The average molecular weight is 511 g/mol. The molecule has 0 atom stereocenters. The highest BCUT2D eigenvalue weighted by Crippen LogP contribution is 2.32. The van der Waals surface area contributed by atoms with Crippen LogP contribution in [0.1, 0.15) is 52.7 Å². The van der Waals surface area contributed by atoms with Crippen molar-refractivity contribution in [2.75, 3.05) is 0 Å². The van der Waals surface area contributed by atoms with Crippen molar-refractivity contribution in [3.8, 4) is 34.2 Å². The van der Waals surface area contributed by atoms with Gasteiger partial charge in [-0.15, -0.1) is 0 Å². The predicted octanol–water partition coefficient (Wildman–Crippen LogP) is 9.10. The Bertz CT molecular complexity index is 1720. The van der Waals surface area contributed by atoms with Gasteiger partial charge in [-0.3, -0.25) is 0 Å². The second kappa shape index (κ2) is 9.16. The molecule has 4 heteroatoms. The number of benzene rings is 4. The number of hydrogen-bond donors (Lipinski definition) is 1. The Morgan fingerprint density at radius 3 is 1.41 bits per heavy atom. The van der Waals surface area contributed by atoms with E-state index in [4.69, 9.17) is 15.0 Å². The first-order valence-corrected chi connectivity index (χ1v) is 13.5. The number of aromatic amines is 1. The fourth-order valence-corrected chi connectivity index (χ4v) is 4.99. The van der Waals surface area contributed by atoms with Crippen LogP contribution in [0.3, 0.4) is 0 Å². The molecule has 0 aliphatic heterocycles. The lowest BCUT2D eigenvalue weighted by molar-refractivity contribution is 0.590. The molecule has 0 saturated heterocycles. The minimum atomic E-state index is 0.0808. The van der Waals surface area contributed by atoms with Crippen molar-refractivity contribution in [3.05, 3.63) is 102 Å². The molecule has 0 bridgehead atoms. The molecule has 0 aliphatic rings. The van der Waals surface area contributed by atoms with Gasteiger partial charge in [0.05, 0.1) is 0 Å². The van der Waals surface area contributed by atoms with Gasteiger partial charge in [0.2, 0.25) is 0 Å². The molecule has 6 aromatic rings. The summed E-state index contributed by atoms with van der Waals surface area (Å²) >= 11 is 0. The Morgan fingerprint density at radius 1 is 0.462 bits per heavy atom. The highest BCUT2D eigenvalue weighted by Gasteiger charge is 2.18. The van der Waals surface area contributed by atoms with Crippen LogP contribution in [0.15, 0.2) is 91.0 Å². The number of fused-ring (bicyclic) bond motifs is 3. The first-order valence-electron chi connectivity index (χ1n) is 13.5. The van der Waals surface area contributed by atoms with Gasteiger partial charge in [0.1, 0.15) is 0 Å². The molecule has 0 fully saturated rings. The molecule has 0 amide bonds. The van der Waals surface area contributed by atoms with E-state index in [1.54, 1.807) is 0 Å². The van der Waals surface area contributed by atoms with Crippen molar-refractivity contribution >= 4 is 21.8 Å². The van der Waals surface area contributed by atoms with Crippen molar-refractivity contribution < 1.29 is 0 Å². The van der Waals surface area contributed by atoms with Crippen LogP contribution in [-0.2, 0) is 10.8 Å². The van der Waals surface area contributed by atoms with E-state index in [1.165, 1.54) is 16.5 Å². The van der Waals surface area contributed by atoms with Crippen LogP contribution in [0.2, 0.25) is 0 Å². The van der Waals surface area contributed by atoms with Crippen molar-refractivity contribution in [1.82, 2.24) is 19.9 Å². The number of H-pyrrole nitrogens is 1. The van der Waals surface area contributed by atoms with E-state index in [0.29, 0.717) is 17.5 Å². The number of nitrogens with one attached hydrogen (secondary N) is 1. The summed E-state index contributed by atoms with van der Waals surface area (Å²) in [6, 6.07) is 32.0. The van der Waals surface area contributed by atoms with E-state index in [-0.39, 0.29) is 10.8 Å². The summed E-state index contributed by atoms with van der Waals surface area (Å²) in [5.74, 6) is 2.02. The molecule has 0 spiro atoms. The summed E-state index contributed by atoms with van der Waals surface area (Å²) < 4.78 is 0. The smallest absolute Gasteiger partial charge is 0.164 e. The molecule has 0 radical (unpaired) electrons. The zero-order chi connectivity index (χ0) is 27.4. The normalized spacial score (nSPS) is 12.4. The van der Waals surface area contributed by atoms with Crippen LogP contribution in [0.25, 0.3) is 56.0 Å². The van der Waals surface area contributed by atoms with Gasteiger partial charge >= 0.3 is 0 Å². The number of rotatable bonds is 3. The second-order valence-corrected chi connectivity index (χ2v) is 12.4. The molecule has 1 N–H and O–H groups in total. The lowest BCUT2D eigenvalue weighted by Gasteiger charge is -2.19. The summed E-state index contributed by atoms with van der Waals surface area (Å²) in [4.78, 5) is 18.4. The Kier molecular flexibility index (Phi) is 5.87. The third-order valence-corrected chi connectivity index (χ3v) is 7.42. The van der Waals surface area contributed by atoms with Gasteiger partial charge in [0.15, 0.2) is 17.5 Å². The zero-order valence-electron chi connectivity index (χ0n) is 23.5. The molecular weight excluding hydrogens is 476 g/mol. The monoisotopic (exact) mass is 510 g/mol. The van der Waals surface area contributed by atoms with Crippen LogP contribution in [0.5, 0.6) is 0 Å². The van der Waals surface area contributed by atoms with Crippen LogP contribution in [-0.4, -0.2) is 19.9 Å². The SMILES string of the molecule is CC(C)(C)c1ccc(-c2nc(-c3ccc(C(C)(C)C)cc3)nc(-c3ccc4[nH]c5ccccc5c4c3)n2)cc1. The Balaban J connectivity index is 1.51. The van der Waals surface area contributed by atoms with Crippen molar-refractivity contribution in [3.63, 3.8) is 0 Å². The Labute approximate surface area is 230 Å². The average Bonchev–Trinajstić information content (AvgIpc) is 3.30. The van der Waals surface area contributed by atoms with E-state index in [0.717, 1.165) is 33.1 Å². The van der Waals surface area contributed by atoms with E-state index in [1.807, 2.05) is 0 Å². The predicted molar refractivity (Wildman–Crippen MR) is 163 cm³/mol. The zero-order valence-corrected chi connectivity index (χ0v) is 23.5. The lowest BCUT2D eigenvalue weighted by atomic mass is 9.86. The standard InChI is InChI=1S/C35H34N4/c1-34(2,3)25-16-11-22(12-17-25)31-37-32(23-13-18-26(19-14-23)35(4,5)6)39-33(38-31)24-15-20-30-28(21-24)27-9-7-8-10-29(27)36-30/h7-21,36H,1-6H3. The van der Waals surface area contributed by atoms with Crippen LogP contribution in [0.4, 0.5) is 0 Å². The molecular formula is C35H34N4. The Morgan fingerprint density at radius 2 is 0.897 bits per heavy atom. The van der Waals surface area contributed by atoms with Crippen molar-refractivity contribution in [2.45, 2.75) is 52.4 Å². The molecule has 39 heavy (non-hydrogen) atoms. The topological polar surface area (TPSA) is 54.5 Å². The van der Waals surface area contributed by atoms with E-state index >= 15 is 0 Å². The van der Waals surface area contributed by atoms with E-state index in [2.05, 4.69) is 138 Å². The van der Waals surface area contributed by atoms with Gasteiger partial charge in [0, 0.05) is 38.5 Å². The first kappa shape index (κ1) is 25.0. The maximum absolute atomic E-state index is 4.99. The second-order valence-electron chi connectivity index (χ2n) is 12.4. The van der Waals surface area contributed by atoms with Gasteiger partial charge in [-0.25, -0.2) is 15.0 Å². The summed E-state index contributed by atoms with van der Waals surface area (Å²) in [7, 11) is 0. The quantitative estimate of drug-likeness (QED) is 0.258. The lowest BCUT2D eigenvalue weighted by Crippen LogP contribution is -2.10. The number of hydrogen-bond acceptors (Lipinski definition) is 3. The number of aromatic nitrogens is 4. The summed E-state index contributed by atoms with van der Waals surface area (Å²) in [5.41, 5.74) is 7.88. The van der Waals surface area contributed by atoms with Gasteiger partial charge in [-0.1, -0.05) is 108 Å². The van der Waals surface area contributed by atoms with Crippen LogP contribution >= 0.6 is 0 Å². The first-order chi connectivity index (χ1) is 18.6. The van der Waals surface area contributed by atoms with E-state index < -0.39 is 0 Å². The van der Waals surface area contributed by atoms with Gasteiger partial charge in [0.25, 0.3) is 0 Å². The third kappa shape index (κ3) is 4.83. The summed E-state index contributed by atoms with van der Waals surface area (Å²) in [6.45, 7) is 13.4. The minimum Gasteiger partial charge on any atom is -0.355 e. The Hall–Kier alpha value is -4.31. The van der Waals surface area contributed by atoms with Crippen LogP contribution in [0, 0.1) is 0 Å². The molecule has 0 saturated carbocycles.